The number of carbonyl (C=O) groups is 2. The number of hydrogen-bond donors (Lipinski definition) is 0. The molecule has 1 aliphatic heterocycles. The lowest BCUT2D eigenvalue weighted by molar-refractivity contribution is -0.140. The van der Waals surface area contributed by atoms with Crippen molar-refractivity contribution in [3.8, 4) is 5.75 Å². The van der Waals surface area contributed by atoms with Gasteiger partial charge in [-0.1, -0.05) is 12.1 Å². The van der Waals surface area contributed by atoms with Crippen LogP contribution in [0.1, 0.15) is 15.9 Å². The highest BCUT2D eigenvalue weighted by Gasteiger charge is 2.21. The normalized spacial score (nSPS) is 17.2. The molecule has 1 atom stereocenters. The van der Waals surface area contributed by atoms with Gasteiger partial charge in [0.1, 0.15) is 17.9 Å². The van der Waals surface area contributed by atoms with E-state index in [2.05, 4.69) is 0 Å². The summed E-state index contributed by atoms with van der Waals surface area (Å²) in [6.45, 7) is 1.80. The molecule has 0 saturated heterocycles. The molecule has 0 unspecified atom stereocenters. The molecule has 0 aromatic heterocycles. The number of ether oxygens (including phenoxy) is 3. The summed E-state index contributed by atoms with van der Waals surface area (Å²) in [6.07, 6.45) is 2.36. The Morgan fingerprint density at radius 2 is 2.21 bits per heavy atom. The number of benzene rings is 1. The van der Waals surface area contributed by atoms with Crippen LogP contribution in [0.15, 0.2) is 30.4 Å². The van der Waals surface area contributed by atoms with Crippen LogP contribution in [0.25, 0.3) is 0 Å². The monoisotopic (exact) mass is 262 g/mol. The van der Waals surface area contributed by atoms with Crippen molar-refractivity contribution in [2.24, 2.45) is 0 Å². The van der Waals surface area contributed by atoms with E-state index in [0.717, 1.165) is 5.56 Å². The Labute approximate surface area is 110 Å². The Bertz CT molecular complexity index is 533. The van der Waals surface area contributed by atoms with Gasteiger partial charge in [-0.3, -0.25) is 0 Å². The van der Waals surface area contributed by atoms with Crippen LogP contribution in [0.2, 0.25) is 0 Å². The van der Waals surface area contributed by atoms with Crippen LogP contribution in [0.4, 0.5) is 0 Å². The van der Waals surface area contributed by atoms with Gasteiger partial charge in [-0.15, -0.1) is 0 Å². The molecule has 0 spiro atoms. The molecule has 0 saturated carbocycles. The molecule has 0 N–H and O–H groups in total. The Hall–Kier alpha value is -2.30. The average molecular weight is 262 g/mol. The Morgan fingerprint density at radius 3 is 2.84 bits per heavy atom. The smallest absolute Gasteiger partial charge is 0.342 e. The van der Waals surface area contributed by atoms with Gasteiger partial charge in [-0.25, -0.2) is 9.59 Å². The Kier molecular flexibility index (Phi) is 3.85. The predicted octanol–water partition coefficient (Wildman–Crippen LogP) is 1.64. The van der Waals surface area contributed by atoms with Gasteiger partial charge in [-0.05, 0) is 24.6 Å². The van der Waals surface area contributed by atoms with Crippen LogP contribution in [0.3, 0.4) is 0 Å². The van der Waals surface area contributed by atoms with Crippen LogP contribution in [-0.2, 0) is 14.3 Å². The molecule has 1 aromatic carbocycles. The van der Waals surface area contributed by atoms with Gasteiger partial charge in [0.05, 0.1) is 7.11 Å². The maximum Gasteiger partial charge on any atom is 0.342 e. The fourth-order valence-corrected chi connectivity index (χ4v) is 1.81. The summed E-state index contributed by atoms with van der Waals surface area (Å²) in [5, 5.41) is 0. The fourth-order valence-electron chi connectivity index (χ4n) is 1.81. The summed E-state index contributed by atoms with van der Waals surface area (Å²) in [7, 11) is 1.49. The number of carbonyl (C=O) groups excluding carboxylic acids is 2. The van der Waals surface area contributed by atoms with Gasteiger partial charge in [0.15, 0.2) is 6.10 Å². The van der Waals surface area contributed by atoms with E-state index in [9.17, 15) is 9.59 Å². The molecule has 5 nitrogen and oxygen atoms in total. The molecule has 0 fully saturated rings. The van der Waals surface area contributed by atoms with E-state index in [1.807, 2.05) is 0 Å². The molecular formula is C14H14O5. The first-order valence-corrected chi connectivity index (χ1v) is 5.81. The lowest BCUT2D eigenvalue weighted by Crippen LogP contribution is -2.19. The molecule has 1 aromatic rings. The summed E-state index contributed by atoms with van der Waals surface area (Å²) < 4.78 is 15.1. The molecular weight excluding hydrogens is 248 g/mol. The zero-order chi connectivity index (χ0) is 13.8. The zero-order valence-corrected chi connectivity index (χ0v) is 10.7. The van der Waals surface area contributed by atoms with Gasteiger partial charge in [-0.2, -0.15) is 0 Å². The molecule has 100 valence electrons. The van der Waals surface area contributed by atoms with Gasteiger partial charge in [0.2, 0.25) is 0 Å². The zero-order valence-electron chi connectivity index (χ0n) is 10.7. The third-order valence-corrected chi connectivity index (χ3v) is 2.75. The molecule has 1 aliphatic rings. The van der Waals surface area contributed by atoms with Gasteiger partial charge in [0, 0.05) is 6.08 Å². The minimum Gasteiger partial charge on any atom is -0.496 e. The second-order valence-corrected chi connectivity index (χ2v) is 4.09. The molecule has 0 amide bonds. The highest BCUT2D eigenvalue weighted by Crippen LogP contribution is 2.22. The lowest BCUT2D eigenvalue weighted by Gasteiger charge is -2.13. The van der Waals surface area contributed by atoms with Crippen molar-refractivity contribution in [3.63, 3.8) is 0 Å². The summed E-state index contributed by atoms with van der Waals surface area (Å²) in [4.78, 5) is 22.9. The van der Waals surface area contributed by atoms with Crippen molar-refractivity contribution < 1.29 is 23.8 Å². The number of cyclic esters (lactones) is 1. The van der Waals surface area contributed by atoms with Crippen LogP contribution >= 0.6 is 0 Å². The second kappa shape index (κ2) is 5.56. The number of methoxy groups -OCH3 is 1. The minimum atomic E-state index is -0.508. The molecule has 0 aliphatic carbocycles. The summed E-state index contributed by atoms with van der Waals surface area (Å²) >= 11 is 0. The number of rotatable bonds is 4. The number of esters is 2. The highest BCUT2D eigenvalue weighted by atomic mass is 16.6. The van der Waals surface area contributed by atoms with Crippen molar-refractivity contribution in [1.82, 2.24) is 0 Å². The van der Waals surface area contributed by atoms with Crippen molar-refractivity contribution in [3.05, 3.63) is 41.5 Å². The highest BCUT2D eigenvalue weighted by molar-refractivity contribution is 5.94. The molecule has 0 bridgehead atoms. The van der Waals surface area contributed by atoms with Gasteiger partial charge >= 0.3 is 11.9 Å². The average Bonchev–Trinajstić information content (AvgIpc) is 2.81. The third kappa shape index (κ3) is 2.93. The first-order valence-electron chi connectivity index (χ1n) is 5.81. The Morgan fingerprint density at radius 1 is 1.42 bits per heavy atom. The van der Waals surface area contributed by atoms with Crippen molar-refractivity contribution >= 4 is 11.9 Å². The first-order chi connectivity index (χ1) is 9.11. The first kappa shape index (κ1) is 13.1. The second-order valence-electron chi connectivity index (χ2n) is 4.09. The summed E-state index contributed by atoms with van der Waals surface area (Å²) in [5.41, 5.74) is 1.15. The van der Waals surface area contributed by atoms with Gasteiger partial charge < -0.3 is 14.2 Å². The summed E-state index contributed by atoms with van der Waals surface area (Å²) in [5.74, 6) is -0.454. The van der Waals surface area contributed by atoms with Crippen LogP contribution < -0.4 is 4.74 Å². The minimum absolute atomic E-state index is 0.00143. The van der Waals surface area contributed by atoms with Crippen LogP contribution in [-0.4, -0.2) is 31.8 Å². The van der Waals surface area contributed by atoms with Crippen molar-refractivity contribution in [2.75, 3.05) is 13.7 Å². The largest absolute Gasteiger partial charge is 0.496 e. The molecule has 2 rings (SSSR count). The quantitative estimate of drug-likeness (QED) is 0.772. The van der Waals surface area contributed by atoms with Gasteiger partial charge in [0.25, 0.3) is 0 Å². The van der Waals surface area contributed by atoms with E-state index in [-0.39, 0.29) is 6.61 Å². The van der Waals surface area contributed by atoms with Crippen molar-refractivity contribution in [1.29, 1.82) is 0 Å². The molecule has 5 heteroatoms. The van der Waals surface area contributed by atoms with Crippen LogP contribution in [0.5, 0.6) is 5.75 Å². The third-order valence-electron chi connectivity index (χ3n) is 2.75. The van der Waals surface area contributed by atoms with E-state index in [4.69, 9.17) is 14.2 Å². The van der Waals surface area contributed by atoms with Crippen molar-refractivity contribution in [2.45, 2.75) is 13.0 Å². The van der Waals surface area contributed by atoms with Crippen LogP contribution in [0, 0.1) is 6.92 Å². The maximum atomic E-state index is 12.0. The van der Waals surface area contributed by atoms with E-state index >= 15 is 0 Å². The predicted molar refractivity (Wildman–Crippen MR) is 67.0 cm³/mol. The molecule has 19 heavy (non-hydrogen) atoms. The van der Waals surface area contributed by atoms with E-state index < -0.39 is 18.0 Å². The topological polar surface area (TPSA) is 61.8 Å². The van der Waals surface area contributed by atoms with E-state index in [1.54, 1.807) is 31.2 Å². The molecule has 1 heterocycles. The Balaban J connectivity index is 2.04. The maximum absolute atomic E-state index is 12.0. The number of hydrogen-bond acceptors (Lipinski definition) is 5. The molecule has 0 radical (unpaired) electrons. The SMILES string of the molecule is COc1cccc(C)c1C(=O)OC[C@@H]1C=CC(=O)O1. The number of aryl methyl sites for hydroxylation is 1. The lowest BCUT2D eigenvalue weighted by atomic mass is 10.1. The summed E-state index contributed by atoms with van der Waals surface area (Å²) in [6, 6.07) is 5.29. The van der Waals surface area contributed by atoms with E-state index in [1.165, 1.54) is 13.2 Å². The fraction of sp³-hybridized carbons (Fsp3) is 0.286. The standard InChI is InChI=1S/C14H14O5/c1-9-4-3-5-11(17-2)13(9)14(16)18-8-10-6-7-12(15)19-10/h3-7,10H,8H2,1-2H3/t10-/m0/s1. The van der Waals surface area contributed by atoms with E-state index in [0.29, 0.717) is 11.3 Å².